The smallest absolute Gasteiger partial charge is 0.255 e. The van der Waals surface area contributed by atoms with Crippen LogP contribution in [-0.2, 0) is 0 Å². The second-order valence-electron chi connectivity index (χ2n) is 6.55. The zero-order valence-corrected chi connectivity index (χ0v) is 16.9. The topological polar surface area (TPSA) is 54.0 Å². The predicted octanol–water partition coefficient (Wildman–Crippen LogP) is 6.16. The Morgan fingerprint density at radius 1 is 0.897 bits per heavy atom. The van der Waals surface area contributed by atoms with Crippen molar-refractivity contribution in [1.82, 2.24) is 4.98 Å². The van der Waals surface area contributed by atoms with Gasteiger partial charge in [-0.2, -0.15) is 0 Å². The Bertz CT molecular complexity index is 1100. The first-order valence-corrected chi connectivity index (χ1v) is 10.4. The highest BCUT2D eigenvalue weighted by Crippen LogP contribution is 2.27. The van der Waals surface area contributed by atoms with Gasteiger partial charge in [0, 0.05) is 28.7 Å². The molecule has 4 rings (SSSR count). The fourth-order valence-corrected chi connectivity index (χ4v) is 3.83. The van der Waals surface area contributed by atoms with E-state index in [2.05, 4.69) is 27.8 Å². The third kappa shape index (κ3) is 4.52. The quantitative estimate of drug-likeness (QED) is 0.408. The van der Waals surface area contributed by atoms with Crippen molar-refractivity contribution in [2.45, 2.75) is 6.92 Å². The van der Waals surface area contributed by atoms with Crippen LogP contribution in [0.5, 0.6) is 0 Å². The molecule has 5 heteroatoms. The van der Waals surface area contributed by atoms with Crippen LogP contribution < -0.4 is 10.6 Å². The van der Waals surface area contributed by atoms with Gasteiger partial charge in [-0.3, -0.25) is 4.79 Å². The summed E-state index contributed by atoms with van der Waals surface area (Å²) in [6.07, 6.45) is 0. The van der Waals surface area contributed by atoms with E-state index in [1.165, 1.54) is 0 Å². The van der Waals surface area contributed by atoms with E-state index in [4.69, 9.17) is 0 Å². The fourth-order valence-electron chi connectivity index (χ4n) is 3.04. The molecular weight excluding hydrogens is 378 g/mol. The van der Waals surface area contributed by atoms with Crippen LogP contribution in [0.15, 0.2) is 84.2 Å². The molecule has 0 saturated heterocycles. The van der Waals surface area contributed by atoms with Crippen LogP contribution in [-0.4, -0.2) is 17.4 Å². The van der Waals surface area contributed by atoms with Crippen molar-refractivity contribution >= 4 is 28.1 Å². The van der Waals surface area contributed by atoms with Crippen LogP contribution in [0.4, 0.5) is 10.8 Å². The number of amides is 1. The van der Waals surface area contributed by atoms with Crippen molar-refractivity contribution in [2.24, 2.45) is 0 Å². The molecule has 0 atom stereocenters. The number of carbonyl (C=O) groups excluding carboxylic acids is 1. The normalized spacial score (nSPS) is 10.5. The summed E-state index contributed by atoms with van der Waals surface area (Å²) in [6, 6.07) is 25.5. The summed E-state index contributed by atoms with van der Waals surface area (Å²) >= 11 is 1.58. The first kappa shape index (κ1) is 18.9. The zero-order valence-electron chi connectivity index (χ0n) is 16.1. The van der Waals surface area contributed by atoms with E-state index in [0.717, 1.165) is 39.7 Å². The van der Waals surface area contributed by atoms with Gasteiger partial charge in [0.25, 0.3) is 5.91 Å². The van der Waals surface area contributed by atoms with Gasteiger partial charge < -0.3 is 10.6 Å². The Labute approximate surface area is 174 Å². The molecule has 0 bridgehead atoms. The number of anilines is 2. The Morgan fingerprint density at radius 2 is 1.62 bits per heavy atom. The van der Waals surface area contributed by atoms with E-state index < -0.39 is 0 Å². The molecule has 0 radical (unpaired) electrons. The maximum atomic E-state index is 12.7. The van der Waals surface area contributed by atoms with E-state index in [1.54, 1.807) is 11.3 Å². The number of rotatable bonds is 6. The van der Waals surface area contributed by atoms with E-state index in [-0.39, 0.29) is 5.91 Å². The summed E-state index contributed by atoms with van der Waals surface area (Å²) < 4.78 is 0. The maximum absolute atomic E-state index is 12.7. The monoisotopic (exact) mass is 399 g/mol. The summed E-state index contributed by atoms with van der Waals surface area (Å²) in [5, 5.41) is 9.11. The van der Waals surface area contributed by atoms with Crippen LogP contribution in [0, 0.1) is 0 Å². The van der Waals surface area contributed by atoms with Gasteiger partial charge >= 0.3 is 0 Å². The average Bonchev–Trinajstić information content (AvgIpc) is 3.24. The van der Waals surface area contributed by atoms with Crippen LogP contribution in [0.1, 0.15) is 17.3 Å². The third-order valence-electron chi connectivity index (χ3n) is 4.50. The summed E-state index contributed by atoms with van der Waals surface area (Å²) in [7, 11) is 0. The van der Waals surface area contributed by atoms with Crippen LogP contribution in [0.3, 0.4) is 0 Å². The minimum absolute atomic E-state index is 0.131. The van der Waals surface area contributed by atoms with Crippen LogP contribution >= 0.6 is 11.3 Å². The summed E-state index contributed by atoms with van der Waals surface area (Å²) in [5.41, 5.74) is 5.46. The summed E-state index contributed by atoms with van der Waals surface area (Å²) in [6.45, 7) is 2.88. The van der Waals surface area contributed by atoms with Crippen molar-refractivity contribution in [3.05, 3.63) is 89.8 Å². The highest BCUT2D eigenvalue weighted by Gasteiger charge is 2.09. The fraction of sp³-hybridized carbons (Fsp3) is 0.0833. The Balaban J connectivity index is 1.48. The standard InChI is InChI=1S/C24H21N3OS/c1-2-25-24-27-22(16-29-24)20-9-6-10-21(15-20)26-23(28)19-13-11-18(12-14-19)17-7-4-3-5-8-17/h3-16H,2H2,1H3,(H,25,27)(H,26,28). The number of nitrogens with one attached hydrogen (secondary N) is 2. The molecule has 0 aliphatic heterocycles. The SMILES string of the molecule is CCNc1nc(-c2cccc(NC(=O)c3ccc(-c4ccccc4)cc3)c2)cs1. The lowest BCUT2D eigenvalue weighted by molar-refractivity contribution is 0.102. The second-order valence-corrected chi connectivity index (χ2v) is 7.40. The van der Waals surface area contributed by atoms with Gasteiger partial charge in [0.1, 0.15) is 0 Å². The van der Waals surface area contributed by atoms with Gasteiger partial charge in [0.2, 0.25) is 0 Å². The maximum Gasteiger partial charge on any atom is 0.255 e. The molecular formula is C24H21N3OS. The minimum atomic E-state index is -0.131. The predicted molar refractivity (Wildman–Crippen MR) is 122 cm³/mol. The zero-order chi connectivity index (χ0) is 20.1. The average molecular weight is 400 g/mol. The van der Waals surface area contributed by atoms with E-state index in [1.807, 2.05) is 79.0 Å². The molecule has 1 heterocycles. The molecule has 0 spiro atoms. The largest absolute Gasteiger partial charge is 0.362 e. The Hall–Kier alpha value is -3.44. The number of carbonyl (C=O) groups is 1. The highest BCUT2D eigenvalue weighted by atomic mass is 32.1. The van der Waals surface area contributed by atoms with Crippen LogP contribution in [0.2, 0.25) is 0 Å². The number of nitrogens with zero attached hydrogens (tertiary/aromatic N) is 1. The van der Waals surface area contributed by atoms with Gasteiger partial charge in [-0.05, 0) is 42.3 Å². The van der Waals surface area contributed by atoms with Crippen molar-refractivity contribution in [3.63, 3.8) is 0 Å². The van der Waals surface area contributed by atoms with Crippen molar-refractivity contribution in [1.29, 1.82) is 0 Å². The molecule has 4 aromatic rings. The molecule has 0 saturated carbocycles. The molecule has 0 aliphatic rings. The van der Waals surface area contributed by atoms with Crippen molar-refractivity contribution in [2.75, 3.05) is 17.2 Å². The molecule has 4 nitrogen and oxygen atoms in total. The highest BCUT2D eigenvalue weighted by molar-refractivity contribution is 7.14. The molecule has 0 aliphatic carbocycles. The molecule has 144 valence electrons. The van der Waals surface area contributed by atoms with Gasteiger partial charge in [0.05, 0.1) is 5.69 Å². The Kier molecular flexibility index (Phi) is 5.68. The van der Waals surface area contributed by atoms with Gasteiger partial charge in [-0.1, -0.05) is 54.6 Å². The molecule has 0 unspecified atom stereocenters. The first-order valence-electron chi connectivity index (χ1n) is 9.49. The lowest BCUT2D eigenvalue weighted by Crippen LogP contribution is -2.11. The molecule has 0 fully saturated rings. The number of hydrogen-bond acceptors (Lipinski definition) is 4. The first-order chi connectivity index (χ1) is 14.2. The van der Waals surface area contributed by atoms with Crippen LogP contribution in [0.25, 0.3) is 22.4 Å². The third-order valence-corrected chi connectivity index (χ3v) is 5.30. The lowest BCUT2D eigenvalue weighted by Gasteiger charge is -2.08. The molecule has 29 heavy (non-hydrogen) atoms. The lowest BCUT2D eigenvalue weighted by atomic mass is 10.0. The molecule has 2 N–H and O–H groups in total. The molecule has 3 aromatic carbocycles. The number of thiazole rings is 1. The summed E-state index contributed by atoms with van der Waals surface area (Å²) in [5.74, 6) is -0.131. The van der Waals surface area contributed by atoms with Crippen molar-refractivity contribution in [3.8, 4) is 22.4 Å². The number of aromatic nitrogens is 1. The van der Waals surface area contributed by atoms with Crippen molar-refractivity contribution < 1.29 is 4.79 Å². The second kappa shape index (κ2) is 8.71. The minimum Gasteiger partial charge on any atom is -0.362 e. The van der Waals surface area contributed by atoms with Gasteiger partial charge in [0.15, 0.2) is 5.13 Å². The Morgan fingerprint density at radius 3 is 2.38 bits per heavy atom. The van der Waals surface area contributed by atoms with E-state index >= 15 is 0 Å². The number of benzene rings is 3. The molecule has 1 aromatic heterocycles. The molecule has 1 amide bonds. The van der Waals surface area contributed by atoms with E-state index in [9.17, 15) is 4.79 Å². The number of hydrogen-bond donors (Lipinski definition) is 2. The summed E-state index contributed by atoms with van der Waals surface area (Å²) in [4.78, 5) is 17.2. The van der Waals surface area contributed by atoms with Gasteiger partial charge in [-0.25, -0.2) is 4.98 Å². The van der Waals surface area contributed by atoms with E-state index in [0.29, 0.717) is 5.56 Å². The van der Waals surface area contributed by atoms with Gasteiger partial charge in [-0.15, -0.1) is 11.3 Å².